The van der Waals surface area contributed by atoms with E-state index in [2.05, 4.69) is 6.07 Å². The average molecular weight is 384 g/mol. The first kappa shape index (κ1) is 18.6. The molecule has 1 aliphatic heterocycles. The molecule has 2 heterocycles. The normalized spacial score (nSPS) is 14.2. The molecule has 2 aromatic carbocycles. The molecule has 1 aromatic heterocycles. The number of benzene rings is 2. The summed E-state index contributed by atoms with van der Waals surface area (Å²) in [6.07, 6.45) is 3.58. The molecule has 0 bridgehead atoms. The first-order valence-corrected chi connectivity index (χ1v) is 9.31. The third kappa shape index (κ3) is 3.92. The molecule has 4 rings (SSSR count). The van der Waals surface area contributed by atoms with Crippen LogP contribution in [-0.2, 0) is 6.61 Å². The average Bonchev–Trinajstić information content (AvgIpc) is 2.72. The number of aromatic nitrogens is 1. The van der Waals surface area contributed by atoms with Gasteiger partial charge in [-0.25, -0.2) is 0 Å². The van der Waals surface area contributed by atoms with Gasteiger partial charge in [0.1, 0.15) is 23.7 Å². The predicted octanol–water partition coefficient (Wildman–Crippen LogP) is 4.36. The van der Waals surface area contributed by atoms with E-state index in [-0.39, 0.29) is 5.56 Å². The Labute approximate surface area is 169 Å². The number of pyridine rings is 1. The van der Waals surface area contributed by atoms with Crippen molar-refractivity contribution >= 4 is 5.70 Å². The first-order chi connectivity index (χ1) is 13.9. The van der Waals surface area contributed by atoms with Gasteiger partial charge in [0.25, 0.3) is 5.56 Å². The van der Waals surface area contributed by atoms with E-state index in [1.165, 1.54) is 6.07 Å². The second kappa shape index (κ2) is 7.33. The van der Waals surface area contributed by atoms with Gasteiger partial charge in [0.15, 0.2) is 0 Å². The predicted molar refractivity (Wildman–Crippen MR) is 111 cm³/mol. The van der Waals surface area contributed by atoms with Crippen LogP contribution in [-0.4, -0.2) is 10.2 Å². The van der Waals surface area contributed by atoms with Gasteiger partial charge < -0.3 is 9.47 Å². The lowest BCUT2D eigenvalue weighted by Gasteiger charge is -2.31. The number of rotatable bonds is 4. The molecule has 5 heteroatoms. The van der Waals surface area contributed by atoms with Crippen LogP contribution in [0, 0.1) is 11.3 Å². The van der Waals surface area contributed by atoms with Gasteiger partial charge in [-0.15, -0.1) is 0 Å². The van der Waals surface area contributed by atoms with E-state index in [4.69, 9.17) is 9.47 Å². The molecule has 3 aromatic rings. The Morgan fingerprint density at radius 3 is 2.62 bits per heavy atom. The van der Waals surface area contributed by atoms with Crippen molar-refractivity contribution in [2.24, 2.45) is 0 Å². The lowest BCUT2D eigenvalue weighted by atomic mass is 9.97. The third-order valence-corrected chi connectivity index (χ3v) is 4.64. The molecule has 0 unspecified atom stereocenters. The summed E-state index contributed by atoms with van der Waals surface area (Å²) in [5.74, 6) is 1.15. The van der Waals surface area contributed by atoms with Crippen molar-refractivity contribution in [3.63, 3.8) is 0 Å². The van der Waals surface area contributed by atoms with Crippen molar-refractivity contribution in [3.8, 4) is 17.6 Å². The zero-order valence-electron chi connectivity index (χ0n) is 16.3. The van der Waals surface area contributed by atoms with E-state index in [9.17, 15) is 10.1 Å². The highest BCUT2D eigenvalue weighted by atomic mass is 16.5. The second-order valence-electron chi connectivity index (χ2n) is 7.40. The fourth-order valence-corrected chi connectivity index (χ4v) is 3.30. The Morgan fingerprint density at radius 1 is 1.10 bits per heavy atom. The van der Waals surface area contributed by atoms with Crippen LogP contribution in [0.3, 0.4) is 0 Å². The lowest BCUT2D eigenvalue weighted by Crippen LogP contribution is -2.32. The van der Waals surface area contributed by atoms with Gasteiger partial charge >= 0.3 is 0 Å². The van der Waals surface area contributed by atoms with Gasteiger partial charge in [0.2, 0.25) is 0 Å². The summed E-state index contributed by atoms with van der Waals surface area (Å²) in [6, 6.07) is 20.4. The minimum atomic E-state index is -0.585. The monoisotopic (exact) mass is 384 g/mol. The van der Waals surface area contributed by atoms with Crippen molar-refractivity contribution in [2.75, 3.05) is 0 Å². The number of nitrogens with zero attached hydrogens (tertiary/aromatic N) is 2. The molecule has 0 atom stereocenters. The Balaban J connectivity index is 1.68. The topological polar surface area (TPSA) is 64.2 Å². The molecule has 0 radical (unpaired) electrons. The number of hydrogen-bond acceptors (Lipinski definition) is 4. The highest BCUT2D eigenvalue weighted by Gasteiger charge is 2.28. The molecule has 1 aliphatic rings. The maximum absolute atomic E-state index is 12.9. The standard InChI is InChI=1S/C24H20N2O3/c1-24(2)14-21(20-12-18(15-25)8-9-22(20)29-24)26-11-10-19(13-23(26)27)28-16-17-6-4-3-5-7-17/h3-14H,16H2,1-2H3. The largest absolute Gasteiger partial charge is 0.489 e. The zero-order valence-corrected chi connectivity index (χ0v) is 16.3. The molecule has 0 saturated heterocycles. The molecule has 5 nitrogen and oxygen atoms in total. The Hall–Kier alpha value is -3.78. The molecule has 0 spiro atoms. The van der Waals surface area contributed by atoms with Crippen LogP contribution in [0.15, 0.2) is 77.7 Å². The van der Waals surface area contributed by atoms with E-state index >= 15 is 0 Å². The number of nitriles is 1. The van der Waals surface area contributed by atoms with E-state index in [0.29, 0.717) is 34.9 Å². The van der Waals surface area contributed by atoms with Crippen molar-refractivity contribution in [1.29, 1.82) is 5.26 Å². The molecule has 0 saturated carbocycles. The van der Waals surface area contributed by atoms with Crippen LogP contribution < -0.4 is 15.0 Å². The highest BCUT2D eigenvalue weighted by molar-refractivity contribution is 5.74. The third-order valence-electron chi connectivity index (χ3n) is 4.64. The minimum absolute atomic E-state index is 0.215. The van der Waals surface area contributed by atoms with Gasteiger partial charge in [-0.3, -0.25) is 9.36 Å². The van der Waals surface area contributed by atoms with Crippen LogP contribution >= 0.6 is 0 Å². The van der Waals surface area contributed by atoms with Crippen molar-refractivity contribution in [1.82, 2.24) is 4.57 Å². The fourth-order valence-electron chi connectivity index (χ4n) is 3.30. The molecular weight excluding hydrogens is 364 g/mol. The molecule has 0 amide bonds. The van der Waals surface area contributed by atoms with Crippen molar-refractivity contribution < 1.29 is 9.47 Å². The SMILES string of the molecule is CC1(C)C=C(n2ccc(OCc3ccccc3)cc2=O)c2cc(C#N)ccc2O1. The van der Waals surface area contributed by atoms with Crippen LogP contribution in [0.5, 0.6) is 11.5 Å². The molecule has 144 valence electrons. The van der Waals surface area contributed by atoms with Gasteiger partial charge in [-0.2, -0.15) is 5.26 Å². The summed E-state index contributed by atoms with van der Waals surface area (Å²) < 4.78 is 13.3. The first-order valence-electron chi connectivity index (χ1n) is 9.31. The Bertz CT molecular complexity index is 1180. The zero-order chi connectivity index (χ0) is 20.4. The minimum Gasteiger partial charge on any atom is -0.489 e. The summed E-state index contributed by atoms with van der Waals surface area (Å²) in [6.45, 7) is 4.25. The lowest BCUT2D eigenvalue weighted by molar-refractivity contribution is 0.157. The van der Waals surface area contributed by atoms with Gasteiger partial charge in [0.05, 0.1) is 17.3 Å². The van der Waals surface area contributed by atoms with Crippen LogP contribution in [0.1, 0.15) is 30.5 Å². The van der Waals surface area contributed by atoms with E-state index in [1.54, 1.807) is 35.0 Å². The molecule has 0 fully saturated rings. The fraction of sp³-hybridized carbons (Fsp3) is 0.167. The van der Waals surface area contributed by atoms with E-state index in [1.807, 2.05) is 50.3 Å². The molecule has 0 aliphatic carbocycles. The highest BCUT2D eigenvalue weighted by Crippen LogP contribution is 2.36. The van der Waals surface area contributed by atoms with Crippen LogP contribution in [0.25, 0.3) is 5.70 Å². The van der Waals surface area contributed by atoms with Gasteiger partial charge in [-0.1, -0.05) is 30.3 Å². The molecular formula is C24H20N2O3. The summed E-state index contributed by atoms with van der Waals surface area (Å²) in [5.41, 5.74) is 2.14. The van der Waals surface area contributed by atoms with E-state index < -0.39 is 5.60 Å². The number of hydrogen-bond donors (Lipinski definition) is 0. The van der Waals surface area contributed by atoms with Crippen LogP contribution in [0.2, 0.25) is 0 Å². The summed E-state index contributed by atoms with van der Waals surface area (Å²) in [7, 11) is 0. The summed E-state index contributed by atoms with van der Waals surface area (Å²) in [4.78, 5) is 12.9. The smallest absolute Gasteiger partial charge is 0.258 e. The second-order valence-corrected chi connectivity index (χ2v) is 7.40. The number of fused-ring (bicyclic) bond motifs is 1. The maximum Gasteiger partial charge on any atom is 0.258 e. The van der Waals surface area contributed by atoms with Crippen molar-refractivity contribution in [2.45, 2.75) is 26.1 Å². The summed E-state index contributed by atoms with van der Waals surface area (Å²) in [5, 5.41) is 9.25. The Kier molecular flexibility index (Phi) is 4.69. The Morgan fingerprint density at radius 2 is 1.90 bits per heavy atom. The summed E-state index contributed by atoms with van der Waals surface area (Å²) >= 11 is 0. The van der Waals surface area contributed by atoms with E-state index in [0.717, 1.165) is 5.56 Å². The quantitative estimate of drug-likeness (QED) is 0.670. The molecule has 0 N–H and O–H groups in total. The van der Waals surface area contributed by atoms with Crippen molar-refractivity contribution in [3.05, 3.63) is 100.0 Å². The number of ether oxygens (including phenoxy) is 2. The van der Waals surface area contributed by atoms with Crippen LogP contribution in [0.4, 0.5) is 0 Å². The molecule has 29 heavy (non-hydrogen) atoms. The van der Waals surface area contributed by atoms with Gasteiger partial charge in [0, 0.05) is 17.8 Å². The van der Waals surface area contributed by atoms with Gasteiger partial charge in [-0.05, 0) is 49.8 Å². The maximum atomic E-state index is 12.9.